The molecule has 1 aromatic rings. The highest BCUT2D eigenvalue weighted by Crippen LogP contribution is 2.41. The first-order chi connectivity index (χ1) is 10.7. The zero-order valence-corrected chi connectivity index (χ0v) is 12.2. The van der Waals surface area contributed by atoms with Gasteiger partial charge in [0, 0.05) is 5.56 Å². The zero-order valence-electron chi connectivity index (χ0n) is 12.2. The summed E-state index contributed by atoms with van der Waals surface area (Å²) in [4.78, 5) is 12.2. The zero-order chi connectivity index (χ0) is 17.3. The van der Waals surface area contributed by atoms with Crippen LogP contribution in [0, 0.1) is 0 Å². The molecule has 2 rings (SSSR count). The molecule has 5 N–H and O–H groups in total. The molecule has 7 heteroatoms. The maximum absolute atomic E-state index is 12.2. The number of phenolic OH excluding ortho intramolecular Hbond substituents is 3. The quantitative estimate of drug-likeness (QED) is 0.326. The summed E-state index contributed by atoms with van der Waals surface area (Å²) in [5, 5.41) is 47.6. The maximum Gasteiger partial charge on any atom is 0.200 e. The lowest BCUT2D eigenvalue weighted by Crippen LogP contribution is -2.35. The number of aromatic hydroxyl groups is 3. The van der Waals surface area contributed by atoms with Gasteiger partial charge in [0.05, 0.1) is 5.57 Å². The highest BCUT2D eigenvalue weighted by atomic mass is 16.5. The lowest BCUT2D eigenvalue weighted by atomic mass is 9.93. The molecule has 1 aliphatic heterocycles. The number of ether oxygens (including phenoxy) is 1. The first kappa shape index (κ1) is 16.4. The van der Waals surface area contributed by atoms with Gasteiger partial charge in [-0.2, -0.15) is 0 Å². The number of allylic oxidation sites excluding steroid dienone is 3. The summed E-state index contributed by atoms with van der Waals surface area (Å²) < 4.78 is 5.49. The number of hydrogen-bond donors (Lipinski definition) is 5. The van der Waals surface area contributed by atoms with Crippen LogP contribution in [0.2, 0.25) is 0 Å². The third-order valence-corrected chi connectivity index (χ3v) is 3.37. The van der Waals surface area contributed by atoms with Crippen LogP contribution in [0.3, 0.4) is 0 Å². The van der Waals surface area contributed by atoms with Crippen molar-refractivity contribution < 1.29 is 35.1 Å². The second-order valence-electron chi connectivity index (χ2n) is 5.05. The number of carbonyl (C=O) groups excluding carboxylic acids is 1. The standard InChI is InChI=1S/C16H16O7/c1-7(17)3-4-10-8(2)23-16(15(22)13(10)20)9-5-11(18)14(21)12(19)6-9/h3-6,15-19,21-22H,1H2,2H3/b4-3-. The predicted molar refractivity (Wildman–Crippen MR) is 79.9 cm³/mol. The molecule has 0 amide bonds. The van der Waals surface area contributed by atoms with Gasteiger partial charge in [-0.25, -0.2) is 0 Å². The van der Waals surface area contributed by atoms with E-state index in [0.717, 1.165) is 12.1 Å². The molecule has 1 aliphatic rings. The Morgan fingerprint density at radius 1 is 1.26 bits per heavy atom. The summed E-state index contributed by atoms with van der Waals surface area (Å²) in [6, 6.07) is 2.17. The number of rotatable bonds is 3. The van der Waals surface area contributed by atoms with Crippen molar-refractivity contribution >= 4 is 5.78 Å². The fraction of sp³-hybridized carbons (Fsp3) is 0.188. The Kier molecular flexibility index (Phi) is 4.33. The van der Waals surface area contributed by atoms with Gasteiger partial charge in [0.25, 0.3) is 0 Å². The largest absolute Gasteiger partial charge is 0.509 e. The van der Waals surface area contributed by atoms with Gasteiger partial charge >= 0.3 is 0 Å². The van der Waals surface area contributed by atoms with Gasteiger partial charge in [-0.15, -0.1) is 0 Å². The highest BCUT2D eigenvalue weighted by molar-refractivity contribution is 6.02. The normalized spacial score (nSPS) is 21.6. The molecule has 2 unspecified atom stereocenters. The van der Waals surface area contributed by atoms with Crippen LogP contribution in [0.1, 0.15) is 18.6 Å². The van der Waals surface area contributed by atoms with Crippen LogP contribution >= 0.6 is 0 Å². The maximum atomic E-state index is 12.2. The summed E-state index contributed by atoms with van der Waals surface area (Å²) in [7, 11) is 0. The second-order valence-corrected chi connectivity index (χ2v) is 5.05. The molecule has 7 nitrogen and oxygen atoms in total. The van der Waals surface area contributed by atoms with Crippen LogP contribution < -0.4 is 0 Å². The molecular weight excluding hydrogens is 304 g/mol. The number of carbonyl (C=O) groups is 1. The molecule has 122 valence electrons. The average molecular weight is 320 g/mol. The minimum absolute atomic E-state index is 0.0659. The Hall–Kier alpha value is -2.93. The molecule has 1 heterocycles. The van der Waals surface area contributed by atoms with Crippen LogP contribution in [0.25, 0.3) is 0 Å². The fourth-order valence-corrected chi connectivity index (χ4v) is 2.21. The van der Waals surface area contributed by atoms with E-state index in [9.17, 15) is 25.2 Å². The van der Waals surface area contributed by atoms with Crippen molar-refractivity contribution in [3.8, 4) is 17.2 Å². The molecule has 0 radical (unpaired) electrons. The molecule has 0 saturated carbocycles. The van der Waals surface area contributed by atoms with E-state index >= 15 is 0 Å². The Labute approximate surface area is 131 Å². The number of phenols is 3. The Morgan fingerprint density at radius 2 is 1.83 bits per heavy atom. The van der Waals surface area contributed by atoms with Crippen molar-refractivity contribution in [1.29, 1.82) is 0 Å². The van der Waals surface area contributed by atoms with E-state index in [1.54, 1.807) is 0 Å². The summed E-state index contributed by atoms with van der Waals surface area (Å²) in [6.45, 7) is 4.75. The van der Waals surface area contributed by atoms with Crippen molar-refractivity contribution in [2.24, 2.45) is 0 Å². The third-order valence-electron chi connectivity index (χ3n) is 3.37. The van der Waals surface area contributed by atoms with E-state index in [1.807, 2.05) is 0 Å². The van der Waals surface area contributed by atoms with Gasteiger partial charge in [0.1, 0.15) is 11.5 Å². The van der Waals surface area contributed by atoms with Crippen molar-refractivity contribution in [2.75, 3.05) is 0 Å². The van der Waals surface area contributed by atoms with Crippen molar-refractivity contribution in [3.63, 3.8) is 0 Å². The van der Waals surface area contributed by atoms with E-state index in [4.69, 9.17) is 9.84 Å². The van der Waals surface area contributed by atoms with E-state index in [-0.39, 0.29) is 22.7 Å². The summed E-state index contributed by atoms with van der Waals surface area (Å²) >= 11 is 0. The molecule has 1 aromatic carbocycles. The van der Waals surface area contributed by atoms with E-state index in [1.165, 1.54) is 19.1 Å². The molecule has 0 bridgehead atoms. The lowest BCUT2D eigenvalue weighted by molar-refractivity contribution is -0.133. The lowest BCUT2D eigenvalue weighted by Gasteiger charge is -2.30. The molecule has 0 aromatic heterocycles. The fourth-order valence-electron chi connectivity index (χ4n) is 2.21. The van der Waals surface area contributed by atoms with Crippen LogP contribution in [0.5, 0.6) is 17.2 Å². The van der Waals surface area contributed by atoms with Gasteiger partial charge in [0.15, 0.2) is 35.2 Å². The van der Waals surface area contributed by atoms with Crippen LogP contribution in [-0.4, -0.2) is 37.4 Å². The van der Waals surface area contributed by atoms with Crippen molar-refractivity contribution in [2.45, 2.75) is 19.1 Å². The smallest absolute Gasteiger partial charge is 0.200 e. The van der Waals surface area contributed by atoms with Gasteiger partial charge in [-0.3, -0.25) is 4.79 Å². The van der Waals surface area contributed by atoms with Crippen molar-refractivity contribution in [1.82, 2.24) is 0 Å². The number of ketones is 1. The topological polar surface area (TPSA) is 127 Å². The SMILES string of the molecule is C=C(O)/C=C\C1=C(C)OC(c2cc(O)c(O)c(O)c2)C(O)C1=O. The molecular formula is C16H16O7. The molecule has 0 aliphatic carbocycles. The number of aliphatic hydroxyl groups excluding tert-OH is 2. The van der Waals surface area contributed by atoms with Gasteiger partial charge in [0.2, 0.25) is 0 Å². The molecule has 0 saturated heterocycles. The minimum Gasteiger partial charge on any atom is -0.509 e. The minimum atomic E-state index is -1.59. The van der Waals surface area contributed by atoms with Gasteiger partial charge < -0.3 is 30.3 Å². The number of benzene rings is 1. The number of aliphatic hydroxyl groups is 2. The van der Waals surface area contributed by atoms with Gasteiger partial charge in [-0.1, -0.05) is 6.58 Å². The Bertz CT molecular complexity index is 707. The van der Waals surface area contributed by atoms with Crippen LogP contribution in [0.15, 0.2) is 48.0 Å². The van der Waals surface area contributed by atoms with E-state index in [0.29, 0.717) is 0 Å². The number of hydrogen-bond acceptors (Lipinski definition) is 7. The first-order valence-electron chi connectivity index (χ1n) is 6.63. The molecule has 0 spiro atoms. The number of Topliss-reactive ketones (excluding diaryl/α,β-unsaturated/α-hetero) is 1. The van der Waals surface area contributed by atoms with Crippen LogP contribution in [0.4, 0.5) is 0 Å². The monoisotopic (exact) mass is 320 g/mol. The van der Waals surface area contributed by atoms with Crippen LogP contribution in [-0.2, 0) is 9.53 Å². The molecule has 23 heavy (non-hydrogen) atoms. The average Bonchev–Trinajstić information content (AvgIpc) is 2.47. The van der Waals surface area contributed by atoms with E-state index < -0.39 is 35.2 Å². The Morgan fingerprint density at radius 3 is 2.35 bits per heavy atom. The summed E-state index contributed by atoms with van der Waals surface area (Å²) in [6.07, 6.45) is -0.292. The third kappa shape index (κ3) is 3.14. The summed E-state index contributed by atoms with van der Waals surface area (Å²) in [5.74, 6) is -2.64. The summed E-state index contributed by atoms with van der Waals surface area (Å²) in [5.41, 5.74) is 0.184. The molecule has 2 atom stereocenters. The first-order valence-corrected chi connectivity index (χ1v) is 6.63. The predicted octanol–water partition coefficient (Wildman–Crippen LogP) is 1.71. The highest BCUT2D eigenvalue weighted by Gasteiger charge is 2.37. The van der Waals surface area contributed by atoms with Gasteiger partial charge in [-0.05, 0) is 31.2 Å². The second kappa shape index (κ2) is 6.05. The molecule has 0 fully saturated rings. The Balaban J connectivity index is 2.42. The van der Waals surface area contributed by atoms with Crippen molar-refractivity contribution in [3.05, 3.63) is 53.5 Å². The van der Waals surface area contributed by atoms with E-state index in [2.05, 4.69) is 6.58 Å².